The van der Waals surface area contributed by atoms with E-state index in [-0.39, 0.29) is 6.61 Å². The second-order valence-corrected chi connectivity index (χ2v) is 4.64. The normalized spacial score (nSPS) is 13.1. The summed E-state index contributed by atoms with van der Waals surface area (Å²) < 4.78 is 10.2. The van der Waals surface area contributed by atoms with Gasteiger partial charge in [0.1, 0.15) is 5.75 Å². The highest BCUT2D eigenvalue weighted by Crippen LogP contribution is 2.33. The van der Waals surface area contributed by atoms with Crippen molar-refractivity contribution in [3.8, 4) is 11.8 Å². The van der Waals surface area contributed by atoms with Crippen LogP contribution >= 0.6 is 11.6 Å². The van der Waals surface area contributed by atoms with Gasteiger partial charge >= 0.3 is 5.97 Å². The average molecular weight is 296 g/mol. The van der Waals surface area contributed by atoms with Crippen LogP contribution in [0.5, 0.6) is 5.75 Å². The number of hydrogen-bond donors (Lipinski definition) is 0. The number of halogens is 1. The molecule has 5 heteroatoms. The van der Waals surface area contributed by atoms with E-state index in [1.165, 1.54) is 7.11 Å². The van der Waals surface area contributed by atoms with Crippen molar-refractivity contribution in [3.05, 3.63) is 29.8 Å². The Balaban J connectivity index is 3.26. The average Bonchev–Trinajstić information content (AvgIpc) is 2.49. The Bertz CT molecular complexity index is 498. The molecule has 0 radical (unpaired) electrons. The minimum Gasteiger partial charge on any atom is -0.497 e. The molecule has 0 heterocycles. The van der Waals surface area contributed by atoms with E-state index in [1.54, 1.807) is 31.2 Å². The van der Waals surface area contributed by atoms with Gasteiger partial charge in [-0.3, -0.25) is 0 Å². The number of methoxy groups -OCH3 is 1. The predicted octanol–water partition coefficient (Wildman–Crippen LogP) is 3.04. The summed E-state index contributed by atoms with van der Waals surface area (Å²) in [7, 11) is 1.54. The highest BCUT2D eigenvalue weighted by molar-refractivity contribution is 6.17. The molecule has 1 aromatic rings. The van der Waals surface area contributed by atoms with Crippen LogP contribution in [0.1, 0.15) is 25.3 Å². The lowest BCUT2D eigenvalue weighted by molar-refractivity contribution is -0.148. The molecule has 1 atom stereocenters. The van der Waals surface area contributed by atoms with Crippen molar-refractivity contribution in [1.29, 1.82) is 5.26 Å². The van der Waals surface area contributed by atoms with E-state index >= 15 is 0 Å². The molecular weight excluding hydrogens is 278 g/mol. The quantitative estimate of drug-likeness (QED) is 0.573. The van der Waals surface area contributed by atoms with Gasteiger partial charge < -0.3 is 9.47 Å². The van der Waals surface area contributed by atoms with E-state index in [4.69, 9.17) is 21.1 Å². The number of nitriles is 1. The molecule has 0 saturated carbocycles. The number of esters is 1. The Kier molecular flexibility index (Phi) is 6.33. The Morgan fingerprint density at radius 1 is 1.50 bits per heavy atom. The highest BCUT2D eigenvalue weighted by Gasteiger charge is 2.42. The van der Waals surface area contributed by atoms with E-state index < -0.39 is 11.4 Å². The molecule has 1 aromatic carbocycles. The van der Waals surface area contributed by atoms with Crippen LogP contribution in [0.4, 0.5) is 0 Å². The van der Waals surface area contributed by atoms with Gasteiger partial charge in [-0.1, -0.05) is 12.1 Å². The van der Waals surface area contributed by atoms with Crippen LogP contribution in [-0.2, 0) is 14.9 Å². The third-order valence-corrected chi connectivity index (χ3v) is 3.33. The number of nitrogens with zero attached hydrogens (tertiary/aromatic N) is 1. The van der Waals surface area contributed by atoms with Crippen molar-refractivity contribution in [1.82, 2.24) is 0 Å². The molecule has 0 unspecified atom stereocenters. The van der Waals surface area contributed by atoms with Crippen LogP contribution in [-0.4, -0.2) is 25.6 Å². The first kappa shape index (κ1) is 16.3. The van der Waals surface area contributed by atoms with E-state index in [9.17, 15) is 10.1 Å². The molecule has 0 aliphatic heterocycles. The minimum atomic E-state index is -1.33. The summed E-state index contributed by atoms with van der Waals surface area (Å²) >= 11 is 5.71. The zero-order valence-corrected chi connectivity index (χ0v) is 12.4. The first-order valence-corrected chi connectivity index (χ1v) is 6.97. The summed E-state index contributed by atoms with van der Waals surface area (Å²) in [5, 5.41) is 9.58. The third kappa shape index (κ3) is 3.43. The van der Waals surface area contributed by atoms with Crippen molar-refractivity contribution in [2.45, 2.75) is 25.2 Å². The van der Waals surface area contributed by atoms with Crippen LogP contribution in [0.3, 0.4) is 0 Å². The molecule has 0 bridgehead atoms. The van der Waals surface area contributed by atoms with E-state index in [0.717, 1.165) is 0 Å². The van der Waals surface area contributed by atoms with E-state index in [1.807, 2.05) is 0 Å². The summed E-state index contributed by atoms with van der Waals surface area (Å²) in [4.78, 5) is 12.3. The predicted molar refractivity (Wildman–Crippen MR) is 76.9 cm³/mol. The molecule has 0 fully saturated rings. The number of carbonyl (C=O) groups is 1. The monoisotopic (exact) mass is 295 g/mol. The molecule has 1 rings (SSSR count). The maximum absolute atomic E-state index is 12.3. The van der Waals surface area contributed by atoms with Crippen LogP contribution in [0, 0.1) is 11.3 Å². The number of rotatable bonds is 7. The molecule has 0 aromatic heterocycles. The maximum atomic E-state index is 12.3. The SMILES string of the molecule is CCOC(=O)[C@](C#N)(CCCCl)c1cccc(OC)c1. The van der Waals surface area contributed by atoms with Crippen molar-refractivity contribution in [2.24, 2.45) is 0 Å². The molecule has 0 saturated heterocycles. The molecule has 0 N–H and O–H groups in total. The van der Waals surface area contributed by atoms with Crippen molar-refractivity contribution < 1.29 is 14.3 Å². The molecule has 4 nitrogen and oxygen atoms in total. The molecule has 0 spiro atoms. The summed E-state index contributed by atoms with van der Waals surface area (Å²) in [6, 6.07) is 9.05. The second kappa shape index (κ2) is 7.76. The van der Waals surface area contributed by atoms with Crippen molar-refractivity contribution in [2.75, 3.05) is 19.6 Å². The summed E-state index contributed by atoms with van der Waals surface area (Å²) in [5.41, 5.74) is -0.762. The number of ether oxygens (including phenoxy) is 2. The lowest BCUT2D eigenvalue weighted by atomic mass is 9.78. The third-order valence-electron chi connectivity index (χ3n) is 3.06. The number of carbonyl (C=O) groups excluding carboxylic acids is 1. The molecule has 0 amide bonds. The fourth-order valence-electron chi connectivity index (χ4n) is 2.01. The lowest BCUT2D eigenvalue weighted by Crippen LogP contribution is -2.36. The fraction of sp³-hybridized carbons (Fsp3) is 0.467. The minimum absolute atomic E-state index is 0.229. The van der Waals surface area contributed by atoms with Gasteiger partial charge in [0.2, 0.25) is 0 Å². The van der Waals surface area contributed by atoms with E-state index in [2.05, 4.69) is 6.07 Å². The first-order chi connectivity index (χ1) is 9.64. The molecule has 0 aliphatic rings. The van der Waals surface area contributed by atoms with Gasteiger partial charge in [0.05, 0.1) is 19.8 Å². The molecular formula is C15H18ClNO3. The van der Waals surface area contributed by atoms with Gasteiger partial charge in [-0.15, -0.1) is 11.6 Å². The van der Waals surface area contributed by atoms with Crippen LogP contribution < -0.4 is 4.74 Å². The van der Waals surface area contributed by atoms with Gasteiger partial charge in [-0.25, -0.2) is 4.79 Å². The summed E-state index contributed by atoms with van der Waals surface area (Å²) in [5.74, 6) is 0.436. The van der Waals surface area contributed by atoms with Crippen LogP contribution in [0.2, 0.25) is 0 Å². The highest BCUT2D eigenvalue weighted by atomic mass is 35.5. The maximum Gasteiger partial charge on any atom is 0.331 e. The smallest absolute Gasteiger partial charge is 0.331 e. The van der Waals surface area contributed by atoms with Crippen LogP contribution in [0.25, 0.3) is 0 Å². The van der Waals surface area contributed by atoms with Crippen molar-refractivity contribution >= 4 is 17.6 Å². The van der Waals surface area contributed by atoms with Gasteiger partial charge in [-0.05, 0) is 37.5 Å². The molecule has 20 heavy (non-hydrogen) atoms. The summed E-state index contributed by atoms with van der Waals surface area (Å²) in [6.45, 7) is 1.94. The standard InChI is InChI=1S/C15H18ClNO3/c1-3-20-14(18)15(11-17,8-5-9-16)12-6-4-7-13(10-12)19-2/h4,6-7,10H,3,5,8-9H2,1-2H3/t15-/m0/s1. The first-order valence-electron chi connectivity index (χ1n) is 6.43. The lowest BCUT2D eigenvalue weighted by Gasteiger charge is -2.25. The van der Waals surface area contributed by atoms with Gasteiger partial charge in [-0.2, -0.15) is 5.26 Å². The number of benzene rings is 1. The van der Waals surface area contributed by atoms with Crippen molar-refractivity contribution in [3.63, 3.8) is 0 Å². The van der Waals surface area contributed by atoms with Gasteiger partial charge in [0.25, 0.3) is 0 Å². The largest absolute Gasteiger partial charge is 0.497 e. The molecule has 0 aliphatic carbocycles. The Morgan fingerprint density at radius 3 is 2.80 bits per heavy atom. The fourth-order valence-corrected chi connectivity index (χ4v) is 2.14. The Hall–Kier alpha value is -1.73. The number of hydrogen-bond acceptors (Lipinski definition) is 4. The zero-order valence-electron chi connectivity index (χ0n) is 11.7. The topological polar surface area (TPSA) is 59.3 Å². The van der Waals surface area contributed by atoms with Gasteiger partial charge in [0.15, 0.2) is 5.41 Å². The Morgan fingerprint density at radius 2 is 2.25 bits per heavy atom. The summed E-state index contributed by atoms with van der Waals surface area (Å²) in [6.07, 6.45) is 0.865. The second-order valence-electron chi connectivity index (χ2n) is 4.26. The Labute approximate surface area is 124 Å². The zero-order chi connectivity index (χ0) is 15.0. The van der Waals surface area contributed by atoms with Crippen LogP contribution in [0.15, 0.2) is 24.3 Å². The molecule has 108 valence electrons. The van der Waals surface area contributed by atoms with Gasteiger partial charge in [0, 0.05) is 5.88 Å². The number of alkyl halides is 1. The van der Waals surface area contributed by atoms with E-state index in [0.29, 0.717) is 30.0 Å².